The lowest BCUT2D eigenvalue weighted by Gasteiger charge is -2.07. The molecule has 4 rings (SSSR count). The molecule has 2 heterocycles. The maximum Gasteiger partial charge on any atom is 0.280 e. The summed E-state index contributed by atoms with van der Waals surface area (Å²) >= 11 is 0. The summed E-state index contributed by atoms with van der Waals surface area (Å²) in [6, 6.07) is 12.2. The fraction of sp³-hybridized carbons (Fsp3) is 0.143. The van der Waals surface area contributed by atoms with Crippen LogP contribution in [0.5, 0.6) is 5.75 Å². The van der Waals surface area contributed by atoms with E-state index in [0.29, 0.717) is 16.9 Å². The van der Waals surface area contributed by atoms with Crippen LogP contribution in [0.25, 0.3) is 0 Å². The summed E-state index contributed by atoms with van der Waals surface area (Å²) in [7, 11) is 0. The number of hydrogen-bond donors (Lipinski definition) is 1. The minimum Gasteiger partial charge on any atom is -0.486 e. The number of carbonyl (C=O) groups excluding carboxylic acids is 1. The van der Waals surface area contributed by atoms with Gasteiger partial charge in [-0.3, -0.25) is 10.1 Å². The highest BCUT2D eigenvalue weighted by atomic mass is 19.1. The van der Waals surface area contributed by atoms with Gasteiger partial charge in [-0.1, -0.05) is 35.5 Å². The zero-order valence-corrected chi connectivity index (χ0v) is 16.4. The van der Waals surface area contributed by atoms with Crippen molar-refractivity contribution in [1.29, 1.82) is 0 Å². The molecule has 10 heteroatoms. The van der Waals surface area contributed by atoms with Gasteiger partial charge in [-0.05, 0) is 25.1 Å². The Bertz CT molecular complexity index is 1220. The van der Waals surface area contributed by atoms with Crippen LogP contribution in [0.2, 0.25) is 0 Å². The average molecular weight is 425 g/mol. The Hall–Kier alpha value is -4.08. The van der Waals surface area contributed by atoms with Gasteiger partial charge in [0.1, 0.15) is 24.5 Å². The van der Waals surface area contributed by atoms with Crippen LogP contribution < -0.4 is 10.1 Å². The number of amides is 1. The van der Waals surface area contributed by atoms with Crippen molar-refractivity contribution in [3.63, 3.8) is 0 Å². The standard InChI is InChI=1S/C21H17F2N5O3/c1-13-15(11-30-18-9-5-4-8-17(18)23)19(27-31-13)20(29)25-21-24-12-28(26-21)10-14-6-2-3-7-16(14)22/h2-9,12H,10-11H2,1H3,(H,25,26,29). The highest BCUT2D eigenvalue weighted by Crippen LogP contribution is 2.21. The van der Waals surface area contributed by atoms with Gasteiger partial charge in [-0.2, -0.15) is 0 Å². The monoisotopic (exact) mass is 425 g/mol. The van der Waals surface area contributed by atoms with Gasteiger partial charge < -0.3 is 9.26 Å². The smallest absolute Gasteiger partial charge is 0.280 e. The minimum atomic E-state index is -0.618. The molecule has 0 radical (unpaired) electrons. The molecule has 2 aromatic heterocycles. The lowest BCUT2D eigenvalue weighted by Crippen LogP contribution is -2.16. The predicted octanol–water partition coefficient (Wildman–Crippen LogP) is 3.73. The second-order valence-electron chi connectivity index (χ2n) is 6.60. The van der Waals surface area contributed by atoms with E-state index in [0.717, 1.165) is 0 Å². The molecule has 1 amide bonds. The van der Waals surface area contributed by atoms with Gasteiger partial charge in [0.25, 0.3) is 5.91 Å². The van der Waals surface area contributed by atoms with Gasteiger partial charge in [0.05, 0.1) is 12.1 Å². The zero-order chi connectivity index (χ0) is 21.8. The Morgan fingerprint density at radius 1 is 1.13 bits per heavy atom. The first-order chi connectivity index (χ1) is 15.0. The topological polar surface area (TPSA) is 95.1 Å². The van der Waals surface area contributed by atoms with Crippen molar-refractivity contribution in [2.24, 2.45) is 0 Å². The normalized spacial score (nSPS) is 10.8. The lowest BCUT2D eigenvalue weighted by atomic mass is 10.2. The van der Waals surface area contributed by atoms with Crippen molar-refractivity contribution in [1.82, 2.24) is 19.9 Å². The van der Waals surface area contributed by atoms with Crippen molar-refractivity contribution >= 4 is 11.9 Å². The average Bonchev–Trinajstić information content (AvgIpc) is 3.35. The number of para-hydroxylation sites is 1. The third-order valence-corrected chi connectivity index (χ3v) is 4.46. The molecule has 0 aliphatic carbocycles. The highest BCUT2D eigenvalue weighted by Gasteiger charge is 2.22. The molecule has 0 saturated heterocycles. The van der Waals surface area contributed by atoms with Crippen molar-refractivity contribution in [2.75, 3.05) is 5.32 Å². The SMILES string of the molecule is Cc1onc(C(=O)Nc2ncn(Cc3ccccc3F)n2)c1COc1ccccc1F. The summed E-state index contributed by atoms with van der Waals surface area (Å²) in [5, 5.41) is 10.4. The molecule has 0 fully saturated rings. The van der Waals surface area contributed by atoms with Gasteiger partial charge >= 0.3 is 0 Å². The molecular weight excluding hydrogens is 408 g/mol. The number of nitrogens with zero attached hydrogens (tertiary/aromatic N) is 4. The Balaban J connectivity index is 1.44. The van der Waals surface area contributed by atoms with Crippen LogP contribution >= 0.6 is 0 Å². The first kappa shape index (κ1) is 20.2. The van der Waals surface area contributed by atoms with Gasteiger partial charge in [-0.15, -0.1) is 5.10 Å². The number of aromatic nitrogens is 4. The number of nitrogens with one attached hydrogen (secondary N) is 1. The third-order valence-electron chi connectivity index (χ3n) is 4.46. The summed E-state index contributed by atoms with van der Waals surface area (Å²) in [6.07, 6.45) is 1.37. The van der Waals surface area contributed by atoms with Gasteiger partial charge in [0.15, 0.2) is 17.3 Å². The summed E-state index contributed by atoms with van der Waals surface area (Å²) in [4.78, 5) is 16.6. The van der Waals surface area contributed by atoms with Crippen molar-refractivity contribution in [3.05, 3.63) is 89.1 Å². The molecule has 2 aromatic carbocycles. The first-order valence-corrected chi connectivity index (χ1v) is 9.28. The van der Waals surface area contributed by atoms with Crippen molar-refractivity contribution < 1.29 is 22.8 Å². The largest absolute Gasteiger partial charge is 0.486 e. The predicted molar refractivity (Wildman–Crippen MR) is 105 cm³/mol. The number of carbonyl (C=O) groups is 1. The number of rotatable bonds is 7. The Morgan fingerprint density at radius 3 is 2.65 bits per heavy atom. The van der Waals surface area contributed by atoms with Crippen LogP contribution in [0.1, 0.15) is 27.4 Å². The fourth-order valence-electron chi connectivity index (χ4n) is 2.84. The maximum atomic E-state index is 13.8. The second kappa shape index (κ2) is 8.74. The fourth-order valence-corrected chi connectivity index (χ4v) is 2.84. The molecule has 0 unspecified atom stereocenters. The minimum absolute atomic E-state index is 0.0166. The second-order valence-corrected chi connectivity index (χ2v) is 6.60. The summed E-state index contributed by atoms with van der Waals surface area (Å²) in [5.74, 6) is -1.08. The quantitative estimate of drug-likeness (QED) is 0.485. The van der Waals surface area contributed by atoms with E-state index in [1.165, 1.54) is 29.2 Å². The van der Waals surface area contributed by atoms with Crippen LogP contribution in [-0.2, 0) is 13.2 Å². The first-order valence-electron chi connectivity index (χ1n) is 9.28. The molecule has 0 spiro atoms. The van der Waals surface area contributed by atoms with Crippen LogP contribution in [0.3, 0.4) is 0 Å². The molecule has 8 nitrogen and oxygen atoms in total. The van der Waals surface area contributed by atoms with Crippen LogP contribution in [0.15, 0.2) is 59.4 Å². The number of anilines is 1. The van der Waals surface area contributed by atoms with E-state index in [2.05, 4.69) is 20.6 Å². The molecule has 1 N–H and O–H groups in total. The third kappa shape index (κ3) is 4.58. The Kier molecular flexibility index (Phi) is 5.69. The van der Waals surface area contributed by atoms with Gasteiger partial charge in [0, 0.05) is 5.56 Å². The maximum absolute atomic E-state index is 13.8. The van der Waals surface area contributed by atoms with E-state index in [1.807, 2.05) is 0 Å². The highest BCUT2D eigenvalue weighted by molar-refractivity contribution is 6.02. The van der Waals surface area contributed by atoms with Gasteiger partial charge in [-0.25, -0.2) is 18.4 Å². The molecule has 0 saturated carbocycles. The van der Waals surface area contributed by atoms with E-state index in [4.69, 9.17) is 9.26 Å². The van der Waals surface area contributed by atoms with E-state index >= 15 is 0 Å². The number of aryl methyl sites for hydroxylation is 1. The van der Waals surface area contributed by atoms with E-state index in [-0.39, 0.29) is 36.4 Å². The molecule has 0 bridgehead atoms. The van der Waals surface area contributed by atoms with E-state index < -0.39 is 11.7 Å². The number of halogens is 2. The van der Waals surface area contributed by atoms with E-state index in [1.54, 1.807) is 37.3 Å². The number of hydrogen-bond acceptors (Lipinski definition) is 6. The summed E-state index contributed by atoms with van der Waals surface area (Å²) in [5.41, 5.74) is 0.774. The molecule has 0 aliphatic heterocycles. The van der Waals surface area contributed by atoms with Gasteiger partial charge in [0.2, 0.25) is 5.95 Å². The molecule has 0 aliphatic rings. The van der Waals surface area contributed by atoms with Crippen LogP contribution in [0.4, 0.5) is 14.7 Å². The molecule has 31 heavy (non-hydrogen) atoms. The number of benzene rings is 2. The van der Waals surface area contributed by atoms with E-state index in [9.17, 15) is 13.6 Å². The Morgan fingerprint density at radius 2 is 1.87 bits per heavy atom. The van der Waals surface area contributed by atoms with Crippen LogP contribution in [0, 0.1) is 18.6 Å². The molecule has 4 aromatic rings. The summed E-state index contributed by atoms with van der Waals surface area (Å²) in [6.45, 7) is 1.65. The Labute approximate surface area is 175 Å². The lowest BCUT2D eigenvalue weighted by molar-refractivity contribution is 0.101. The number of ether oxygens (including phenoxy) is 1. The molecule has 0 atom stereocenters. The summed E-state index contributed by atoms with van der Waals surface area (Å²) < 4.78 is 39.5. The van der Waals surface area contributed by atoms with Crippen LogP contribution in [-0.4, -0.2) is 25.8 Å². The zero-order valence-electron chi connectivity index (χ0n) is 16.4. The molecular formula is C21H17F2N5O3. The molecule has 158 valence electrons. The van der Waals surface area contributed by atoms with Crippen molar-refractivity contribution in [3.8, 4) is 5.75 Å². The van der Waals surface area contributed by atoms with Crippen molar-refractivity contribution in [2.45, 2.75) is 20.1 Å².